The van der Waals surface area contributed by atoms with Gasteiger partial charge in [0.1, 0.15) is 6.04 Å². The van der Waals surface area contributed by atoms with Gasteiger partial charge in [-0.25, -0.2) is 0 Å². The van der Waals surface area contributed by atoms with Crippen LogP contribution >= 0.6 is 0 Å². The summed E-state index contributed by atoms with van der Waals surface area (Å²) in [4.78, 5) is 22.6. The molecule has 0 aliphatic carbocycles. The molecule has 0 aliphatic heterocycles. The Labute approximate surface area is 119 Å². The summed E-state index contributed by atoms with van der Waals surface area (Å²) in [6.07, 6.45) is 0.763. The van der Waals surface area contributed by atoms with E-state index in [9.17, 15) is 9.59 Å². The molecule has 0 radical (unpaired) electrons. The van der Waals surface area contributed by atoms with E-state index in [1.54, 1.807) is 13.8 Å². The highest BCUT2D eigenvalue weighted by atomic mass is 16.4. The van der Waals surface area contributed by atoms with Gasteiger partial charge in [-0.3, -0.25) is 14.9 Å². The van der Waals surface area contributed by atoms with Crippen molar-refractivity contribution in [3.05, 3.63) is 35.9 Å². The van der Waals surface area contributed by atoms with Gasteiger partial charge < -0.3 is 10.4 Å². The molecule has 1 amide bonds. The molecule has 0 fully saturated rings. The molecule has 5 heteroatoms. The van der Waals surface area contributed by atoms with E-state index in [4.69, 9.17) is 5.11 Å². The zero-order chi connectivity index (χ0) is 15.0. The highest BCUT2D eigenvalue weighted by molar-refractivity contribution is 5.79. The molecule has 1 aromatic rings. The maximum atomic E-state index is 11.6. The standard InChI is InChI=1S/C15H22N2O3/c1-11(2)14(15(19)20)17-10-13(18)16-9-8-12-6-4-3-5-7-12/h3-7,11,14,17H,8-10H2,1-2H3,(H,16,18)(H,19,20). The Bertz CT molecular complexity index is 432. The molecule has 5 nitrogen and oxygen atoms in total. The average molecular weight is 278 g/mol. The molecule has 0 spiro atoms. The Kier molecular flexibility index (Phi) is 6.73. The number of carbonyl (C=O) groups excluding carboxylic acids is 1. The summed E-state index contributed by atoms with van der Waals surface area (Å²) in [5.74, 6) is -1.19. The second-order valence-electron chi connectivity index (χ2n) is 5.03. The van der Waals surface area contributed by atoms with Crippen molar-refractivity contribution in [3.8, 4) is 0 Å². The number of aliphatic carboxylic acids is 1. The van der Waals surface area contributed by atoms with Crippen molar-refractivity contribution in [1.29, 1.82) is 0 Å². The highest BCUT2D eigenvalue weighted by Gasteiger charge is 2.21. The van der Waals surface area contributed by atoms with Crippen LogP contribution < -0.4 is 10.6 Å². The lowest BCUT2D eigenvalue weighted by Gasteiger charge is -2.17. The van der Waals surface area contributed by atoms with Crippen LogP contribution in [0.5, 0.6) is 0 Å². The van der Waals surface area contributed by atoms with Crippen molar-refractivity contribution in [3.63, 3.8) is 0 Å². The van der Waals surface area contributed by atoms with Gasteiger partial charge in [-0.15, -0.1) is 0 Å². The minimum atomic E-state index is -0.933. The predicted octanol–water partition coefficient (Wildman–Crippen LogP) is 1.04. The third-order valence-corrected chi connectivity index (χ3v) is 2.99. The number of amides is 1. The fourth-order valence-electron chi connectivity index (χ4n) is 1.86. The fourth-order valence-corrected chi connectivity index (χ4v) is 1.86. The molecule has 1 aromatic carbocycles. The van der Waals surface area contributed by atoms with Gasteiger partial charge in [0.2, 0.25) is 5.91 Å². The molecule has 110 valence electrons. The number of hydrogen-bond acceptors (Lipinski definition) is 3. The summed E-state index contributed by atoms with van der Waals surface area (Å²) in [7, 11) is 0. The average Bonchev–Trinajstić information content (AvgIpc) is 2.39. The predicted molar refractivity (Wildman–Crippen MR) is 77.4 cm³/mol. The SMILES string of the molecule is CC(C)C(NCC(=O)NCCc1ccccc1)C(=O)O. The Hall–Kier alpha value is -1.88. The quantitative estimate of drug-likeness (QED) is 0.664. The largest absolute Gasteiger partial charge is 0.480 e. The molecule has 1 rings (SSSR count). The van der Waals surface area contributed by atoms with Gasteiger partial charge in [0.05, 0.1) is 6.54 Å². The number of carbonyl (C=O) groups is 2. The number of nitrogens with one attached hydrogen (secondary N) is 2. The number of hydrogen-bond donors (Lipinski definition) is 3. The van der Waals surface area contributed by atoms with Crippen molar-refractivity contribution >= 4 is 11.9 Å². The van der Waals surface area contributed by atoms with Gasteiger partial charge in [-0.1, -0.05) is 44.2 Å². The monoisotopic (exact) mass is 278 g/mol. The summed E-state index contributed by atoms with van der Waals surface area (Å²) in [6, 6.07) is 9.17. The van der Waals surface area contributed by atoms with Crippen molar-refractivity contribution < 1.29 is 14.7 Å². The minimum Gasteiger partial charge on any atom is -0.480 e. The Morgan fingerprint density at radius 3 is 2.40 bits per heavy atom. The van der Waals surface area contributed by atoms with Gasteiger partial charge in [0, 0.05) is 6.54 Å². The lowest BCUT2D eigenvalue weighted by atomic mass is 10.1. The van der Waals surface area contributed by atoms with Crippen LogP contribution in [0.25, 0.3) is 0 Å². The van der Waals surface area contributed by atoms with E-state index in [-0.39, 0.29) is 18.4 Å². The second kappa shape index (κ2) is 8.32. The first kappa shape index (κ1) is 16.2. The molecule has 0 saturated heterocycles. The van der Waals surface area contributed by atoms with E-state index in [1.165, 1.54) is 0 Å². The molecule has 0 bridgehead atoms. The molecule has 0 saturated carbocycles. The van der Waals surface area contributed by atoms with Crippen molar-refractivity contribution in [2.45, 2.75) is 26.3 Å². The van der Waals surface area contributed by atoms with Gasteiger partial charge in [-0.2, -0.15) is 0 Å². The van der Waals surface area contributed by atoms with Crippen LogP contribution in [-0.4, -0.2) is 36.1 Å². The van der Waals surface area contributed by atoms with E-state index in [0.29, 0.717) is 6.54 Å². The molecular formula is C15H22N2O3. The molecule has 1 atom stereocenters. The summed E-state index contributed by atoms with van der Waals surface area (Å²) in [6.45, 7) is 4.17. The number of carboxylic acids is 1. The summed E-state index contributed by atoms with van der Waals surface area (Å²) in [5, 5.41) is 14.5. The summed E-state index contributed by atoms with van der Waals surface area (Å²) < 4.78 is 0. The zero-order valence-electron chi connectivity index (χ0n) is 11.9. The molecule has 20 heavy (non-hydrogen) atoms. The maximum Gasteiger partial charge on any atom is 0.320 e. The van der Waals surface area contributed by atoms with Crippen molar-refractivity contribution in [2.24, 2.45) is 5.92 Å². The van der Waals surface area contributed by atoms with Crippen LogP contribution in [0.4, 0.5) is 0 Å². The van der Waals surface area contributed by atoms with E-state index in [1.807, 2.05) is 30.3 Å². The number of carboxylic acid groups (broad SMARTS) is 1. The lowest BCUT2D eigenvalue weighted by molar-refractivity contribution is -0.140. The summed E-state index contributed by atoms with van der Waals surface area (Å²) >= 11 is 0. The fraction of sp³-hybridized carbons (Fsp3) is 0.467. The Morgan fingerprint density at radius 1 is 1.20 bits per heavy atom. The topological polar surface area (TPSA) is 78.4 Å². The van der Waals surface area contributed by atoms with Crippen LogP contribution in [0.3, 0.4) is 0 Å². The van der Waals surface area contributed by atoms with Gasteiger partial charge in [-0.05, 0) is 17.9 Å². The third kappa shape index (κ3) is 5.84. The van der Waals surface area contributed by atoms with Gasteiger partial charge in [0.15, 0.2) is 0 Å². The van der Waals surface area contributed by atoms with Crippen LogP contribution in [0.2, 0.25) is 0 Å². The van der Waals surface area contributed by atoms with Gasteiger partial charge in [0.25, 0.3) is 0 Å². The number of rotatable bonds is 8. The first-order valence-electron chi connectivity index (χ1n) is 6.77. The lowest BCUT2D eigenvalue weighted by Crippen LogP contribution is -2.46. The van der Waals surface area contributed by atoms with Crippen molar-refractivity contribution in [1.82, 2.24) is 10.6 Å². The van der Waals surface area contributed by atoms with E-state index in [2.05, 4.69) is 10.6 Å². The molecule has 1 unspecified atom stereocenters. The summed E-state index contributed by atoms with van der Waals surface area (Å²) in [5.41, 5.74) is 1.16. The number of benzene rings is 1. The Morgan fingerprint density at radius 2 is 1.85 bits per heavy atom. The molecule has 3 N–H and O–H groups in total. The van der Waals surface area contributed by atoms with Crippen LogP contribution in [-0.2, 0) is 16.0 Å². The van der Waals surface area contributed by atoms with E-state index < -0.39 is 12.0 Å². The smallest absolute Gasteiger partial charge is 0.320 e. The minimum absolute atomic E-state index is 0.0178. The van der Waals surface area contributed by atoms with Crippen LogP contribution in [0.15, 0.2) is 30.3 Å². The van der Waals surface area contributed by atoms with Gasteiger partial charge >= 0.3 is 5.97 Å². The molecule has 0 heterocycles. The van der Waals surface area contributed by atoms with E-state index >= 15 is 0 Å². The molecular weight excluding hydrogens is 256 g/mol. The zero-order valence-corrected chi connectivity index (χ0v) is 11.9. The Balaban J connectivity index is 2.25. The third-order valence-electron chi connectivity index (χ3n) is 2.99. The molecule has 0 aromatic heterocycles. The highest BCUT2D eigenvalue weighted by Crippen LogP contribution is 2.01. The first-order valence-corrected chi connectivity index (χ1v) is 6.77. The van der Waals surface area contributed by atoms with Crippen molar-refractivity contribution in [2.75, 3.05) is 13.1 Å². The molecule has 0 aliphatic rings. The maximum absolute atomic E-state index is 11.6. The second-order valence-corrected chi connectivity index (χ2v) is 5.03. The van der Waals surface area contributed by atoms with Crippen LogP contribution in [0, 0.1) is 5.92 Å². The van der Waals surface area contributed by atoms with Crippen LogP contribution in [0.1, 0.15) is 19.4 Å². The first-order chi connectivity index (χ1) is 9.50. The van der Waals surface area contributed by atoms with E-state index in [0.717, 1.165) is 12.0 Å². The normalized spacial score (nSPS) is 12.2.